The van der Waals surface area contributed by atoms with Crippen LogP contribution in [0, 0.1) is 24.7 Å². The van der Waals surface area contributed by atoms with Crippen LogP contribution >= 0.6 is 0 Å². The van der Waals surface area contributed by atoms with Crippen LogP contribution < -0.4 is 5.73 Å². The van der Waals surface area contributed by atoms with Gasteiger partial charge in [0.25, 0.3) is 0 Å². The number of nitrogens with two attached hydrogens (primary N) is 1. The van der Waals surface area contributed by atoms with E-state index in [-0.39, 0.29) is 12.0 Å². The first-order valence-electron chi connectivity index (χ1n) is 8.08. The Morgan fingerprint density at radius 3 is 2.48 bits per heavy atom. The molecule has 0 aromatic heterocycles. The van der Waals surface area contributed by atoms with Gasteiger partial charge in [-0.3, -0.25) is 0 Å². The van der Waals surface area contributed by atoms with E-state index in [2.05, 4.69) is 11.8 Å². The number of likely N-dealkylation sites (tertiary alicyclic amines) is 1. The average molecular weight is 344 g/mol. The lowest BCUT2D eigenvalue weighted by molar-refractivity contribution is 0.00590. The van der Waals surface area contributed by atoms with Crippen LogP contribution in [0.5, 0.6) is 0 Å². The Bertz CT molecular complexity index is 747. The molecular formula is C19H24N2O4. The van der Waals surface area contributed by atoms with Crippen molar-refractivity contribution in [3.63, 3.8) is 0 Å². The molecule has 1 amide bonds. The molecule has 0 spiro atoms. The molecule has 0 aliphatic carbocycles. The maximum absolute atomic E-state index is 11.9. The highest BCUT2D eigenvalue weighted by atomic mass is 16.6. The van der Waals surface area contributed by atoms with Gasteiger partial charge >= 0.3 is 12.1 Å². The minimum absolute atomic E-state index is 0.0903. The van der Waals surface area contributed by atoms with E-state index in [0.717, 1.165) is 5.56 Å². The molecule has 1 fully saturated rings. The molecule has 1 heterocycles. The number of ether oxygens (including phenoxy) is 2. The highest BCUT2D eigenvalue weighted by molar-refractivity contribution is 5.92. The Labute approximate surface area is 148 Å². The molecule has 2 rings (SSSR count). The van der Waals surface area contributed by atoms with Crippen LogP contribution in [0.15, 0.2) is 12.1 Å². The lowest BCUT2D eigenvalue weighted by atomic mass is 9.99. The zero-order valence-corrected chi connectivity index (χ0v) is 15.3. The van der Waals surface area contributed by atoms with Gasteiger partial charge in [0, 0.05) is 24.3 Å². The number of methoxy groups -OCH3 is 1. The van der Waals surface area contributed by atoms with Crippen LogP contribution in [-0.2, 0) is 9.47 Å². The molecular weight excluding hydrogens is 320 g/mol. The molecule has 0 radical (unpaired) electrons. The second-order valence-electron chi connectivity index (χ2n) is 7.10. The van der Waals surface area contributed by atoms with Gasteiger partial charge in [-0.05, 0) is 45.4 Å². The molecule has 1 aliphatic rings. The number of anilines is 1. The standard InChI is InChI=1S/C19H24N2O4/c1-12-8-14(16(20)9-15(12)17(22)24-5)7-6-13-10-21(11-13)18(23)25-19(2,3)4/h8-9,13H,10-11,20H2,1-5H3. The normalized spacial score (nSPS) is 14.2. The number of hydrogen-bond acceptors (Lipinski definition) is 5. The molecule has 1 saturated heterocycles. The van der Waals surface area contributed by atoms with Gasteiger partial charge in [-0.1, -0.05) is 11.8 Å². The summed E-state index contributed by atoms with van der Waals surface area (Å²) in [7, 11) is 1.33. The van der Waals surface area contributed by atoms with E-state index in [4.69, 9.17) is 15.2 Å². The van der Waals surface area contributed by atoms with Gasteiger partial charge in [0.15, 0.2) is 0 Å². The summed E-state index contributed by atoms with van der Waals surface area (Å²) in [6.45, 7) is 8.41. The number of hydrogen-bond donors (Lipinski definition) is 1. The largest absolute Gasteiger partial charge is 0.465 e. The first-order valence-corrected chi connectivity index (χ1v) is 8.08. The summed E-state index contributed by atoms with van der Waals surface area (Å²) in [6.07, 6.45) is -0.316. The third-order valence-electron chi connectivity index (χ3n) is 3.75. The second kappa shape index (κ2) is 7.06. The van der Waals surface area contributed by atoms with E-state index < -0.39 is 11.6 Å². The van der Waals surface area contributed by atoms with Crippen LogP contribution in [0.4, 0.5) is 10.5 Å². The van der Waals surface area contributed by atoms with Gasteiger partial charge in [0.2, 0.25) is 0 Å². The first kappa shape index (κ1) is 18.7. The third kappa shape index (κ3) is 4.66. The second-order valence-corrected chi connectivity index (χ2v) is 7.10. The molecule has 0 unspecified atom stereocenters. The summed E-state index contributed by atoms with van der Waals surface area (Å²) in [5, 5.41) is 0. The van der Waals surface area contributed by atoms with Crippen molar-refractivity contribution in [2.24, 2.45) is 5.92 Å². The number of aryl methyl sites for hydroxylation is 1. The van der Waals surface area contributed by atoms with E-state index in [1.807, 2.05) is 27.7 Å². The molecule has 2 N–H and O–H groups in total. The molecule has 1 aromatic rings. The van der Waals surface area contributed by atoms with Crippen LogP contribution in [0.2, 0.25) is 0 Å². The molecule has 1 aliphatic heterocycles. The van der Waals surface area contributed by atoms with Crippen molar-refractivity contribution in [3.05, 3.63) is 28.8 Å². The number of nitrogens with zero attached hydrogens (tertiary/aromatic N) is 1. The highest BCUT2D eigenvalue weighted by Gasteiger charge is 2.32. The SMILES string of the molecule is COC(=O)c1cc(N)c(C#CC2CN(C(=O)OC(C)(C)C)C2)cc1C. The van der Waals surface area contributed by atoms with Crippen LogP contribution in [0.1, 0.15) is 42.3 Å². The Balaban J connectivity index is 2.01. The molecule has 1 aromatic carbocycles. The Morgan fingerprint density at radius 2 is 1.92 bits per heavy atom. The average Bonchev–Trinajstić information content (AvgIpc) is 2.45. The number of rotatable bonds is 1. The molecule has 134 valence electrons. The van der Waals surface area contributed by atoms with Gasteiger partial charge in [-0.25, -0.2) is 9.59 Å². The molecule has 6 nitrogen and oxygen atoms in total. The van der Waals surface area contributed by atoms with Gasteiger partial charge < -0.3 is 20.1 Å². The van der Waals surface area contributed by atoms with Gasteiger partial charge in [-0.15, -0.1) is 0 Å². The topological polar surface area (TPSA) is 81.9 Å². The number of nitrogen functional groups attached to an aromatic ring is 1. The maximum atomic E-state index is 11.9. The molecule has 0 saturated carbocycles. The van der Waals surface area contributed by atoms with E-state index in [0.29, 0.717) is 29.9 Å². The van der Waals surface area contributed by atoms with Crippen LogP contribution in [0.25, 0.3) is 0 Å². The number of carbonyl (C=O) groups is 2. The Morgan fingerprint density at radius 1 is 1.28 bits per heavy atom. The van der Waals surface area contributed by atoms with Crippen molar-refractivity contribution in [3.8, 4) is 11.8 Å². The minimum Gasteiger partial charge on any atom is -0.465 e. The van der Waals surface area contributed by atoms with Crippen molar-refractivity contribution < 1.29 is 19.1 Å². The Kier molecular flexibility index (Phi) is 5.27. The lowest BCUT2D eigenvalue weighted by Crippen LogP contribution is -2.51. The van der Waals surface area contributed by atoms with Gasteiger partial charge in [-0.2, -0.15) is 0 Å². The summed E-state index contributed by atoms with van der Waals surface area (Å²) in [5.74, 6) is 5.83. The van der Waals surface area contributed by atoms with Crippen molar-refractivity contribution in [2.75, 3.05) is 25.9 Å². The number of amides is 1. The molecule has 25 heavy (non-hydrogen) atoms. The maximum Gasteiger partial charge on any atom is 0.410 e. The highest BCUT2D eigenvalue weighted by Crippen LogP contribution is 2.21. The number of carbonyl (C=O) groups excluding carboxylic acids is 2. The van der Waals surface area contributed by atoms with Gasteiger partial charge in [0.1, 0.15) is 5.60 Å². The smallest absolute Gasteiger partial charge is 0.410 e. The van der Waals surface area contributed by atoms with Crippen molar-refractivity contribution in [1.82, 2.24) is 4.90 Å². The zero-order valence-electron chi connectivity index (χ0n) is 15.3. The first-order chi connectivity index (χ1) is 11.6. The molecule has 0 bridgehead atoms. The van der Waals surface area contributed by atoms with E-state index in [1.165, 1.54) is 7.11 Å². The third-order valence-corrected chi connectivity index (χ3v) is 3.75. The predicted molar refractivity (Wildman–Crippen MR) is 95.1 cm³/mol. The quantitative estimate of drug-likeness (QED) is 0.481. The fraction of sp³-hybridized carbons (Fsp3) is 0.474. The zero-order chi connectivity index (χ0) is 18.8. The van der Waals surface area contributed by atoms with Crippen LogP contribution in [0.3, 0.4) is 0 Å². The molecule has 6 heteroatoms. The fourth-order valence-electron chi connectivity index (χ4n) is 2.39. The van der Waals surface area contributed by atoms with E-state index in [9.17, 15) is 9.59 Å². The fourth-order valence-corrected chi connectivity index (χ4v) is 2.39. The van der Waals surface area contributed by atoms with Gasteiger partial charge in [0.05, 0.1) is 18.6 Å². The number of benzene rings is 1. The van der Waals surface area contributed by atoms with E-state index >= 15 is 0 Å². The number of esters is 1. The Hall–Kier alpha value is -2.68. The van der Waals surface area contributed by atoms with Crippen molar-refractivity contribution >= 4 is 17.7 Å². The van der Waals surface area contributed by atoms with Crippen molar-refractivity contribution in [1.29, 1.82) is 0 Å². The minimum atomic E-state index is -0.499. The summed E-state index contributed by atoms with van der Waals surface area (Å²) in [5.41, 5.74) is 7.77. The van der Waals surface area contributed by atoms with Crippen LogP contribution in [-0.4, -0.2) is 42.8 Å². The summed E-state index contributed by atoms with van der Waals surface area (Å²) in [4.78, 5) is 25.2. The summed E-state index contributed by atoms with van der Waals surface area (Å²) >= 11 is 0. The summed E-state index contributed by atoms with van der Waals surface area (Å²) in [6, 6.07) is 3.36. The van der Waals surface area contributed by atoms with Crippen molar-refractivity contribution in [2.45, 2.75) is 33.3 Å². The predicted octanol–water partition coefficient (Wildman–Crippen LogP) is 2.58. The van der Waals surface area contributed by atoms with E-state index in [1.54, 1.807) is 17.0 Å². The summed E-state index contributed by atoms with van der Waals surface area (Å²) < 4.78 is 10.0. The lowest BCUT2D eigenvalue weighted by Gasteiger charge is -2.37. The molecule has 0 atom stereocenters. The monoisotopic (exact) mass is 344 g/mol.